The summed E-state index contributed by atoms with van der Waals surface area (Å²) < 4.78 is 5.07. The molecule has 2 rings (SSSR count). The number of carboxylic acid groups (broad SMARTS) is 1. The Morgan fingerprint density at radius 1 is 1.18 bits per heavy atom. The number of halogens is 1. The van der Waals surface area contributed by atoms with Crippen LogP contribution < -0.4 is 10.1 Å². The summed E-state index contributed by atoms with van der Waals surface area (Å²) in [5, 5.41) is 12.4. The van der Waals surface area contributed by atoms with Crippen LogP contribution in [-0.4, -0.2) is 24.1 Å². The molecule has 6 heteroatoms. The van der Waals surface area contributed by atoms with E-state index >= 15 is 0 Å². The van der Waals surface area contributed by atoms with Crippen molar-refractivity contribution in [2.75, 3.05) is 7.11 Å². The zero-order valence-corrected chi connectivity index (χ0v) is 12.6. The molecule has 2 aromatic rings. The van der Waals surface area contributed by atoms with Gasteiger partial charge in [0.1, 0.15) is 11.3 Å². The normalized spacial score (nSPS) is 10.1. The van der Waals surface area contributed by atoms with Gasteiger partial charge in [-0.2, -0.15) is 0 Å². The van der Waals surface area contributed by atoms with Gasteiger partial charge in [-0.1, -0.05) is 29.8 Å². The summed E-state index contributed by atoms with van der Waals surface area (Å²) in [6.07, 6.45) is 0. The van der Waals surface area contributed by atoms with Crippen molar-refractivity contribution in [1.29, 1.82) is 0 Å². The first-order valence-corrected chi connectivity index (χ1v) is 6.83. The molecule has 0 aliphatic rings. The quantitative estimate of drug-likeness (QED) is 0.888. The Bertz CT molecular complexity index is 715. The fourth-order valence-corrected chi connectivity index (χ4v) is 2.24. The lowest BCUT2D eigenvalue weighted by molar-refractivity contribution is 0.0693. The number of ether oxygens (including phenoxy) is 1. The third-order valence-corrected chi connectivity index (χ3v) is 3.27. The number of methoxy groups -OCH3 is 1. The number of carboxylic acids is 1. The van der Waals surface area contributed by atoms with Gasteiger partial charge < -0.3 is 15.2 Å². The molecule has 0 unspecified atom stereocenters. The third-order valence-electron chi connectivity index (χ3n) is 3.04. The lowest BCUT2D eigenvalue weighted by Crippen LogP contribution is -2.24. The van der Waals surface area contributed by atoms with Gasteiger partial charge in [-0.25, -0.2) is 4.79 Å². The number of amides is 1. The standard InChI is InChI=1S/C16H14ClNO4/c1-22-14-12(6-3-7-13(14)16(20)21)15(19)18-9-10-4-2-5-11(17)8-10/h2-8H,9H2,1H3,(H,18,19)(H,20,21). The van der Waals surface area contributed by atoms with Crippen molar-refractivity contribution >= 4 is 23.5 Å². The van der Waals surface area contributed by atoms with Gasteiger partial charge in [0.25, 0.3) is 5.91 Å². The fourth-order valence-electron chi connectivity index (χ4n) is 2.03. The predicted molar refractivity (Wildman–Crippen MR) is 82.6 cm³/mol. The number of aromatic carboxylic acids is 1. The van der Waals surface area contributed by atoms with Gasteiger partial charge in [0.05, 0.1) is 12.7 Å². The third kappa shape index (κ3) is 3.56. The zero-order chi connectivity index (χ0) is 16.1. The molecule has 0 aromatic heterocycles. The van der Waals surface area contributed by atoms with Gasteiger partial charge in [-0.3, -0.25) is 4.79 Å². The molecule has 0 heterocycles. The van der Waals surface area contributed by atoms with Gasteiger partial charge in [0, 0.05) is 11.6 Å². The van der Waals surface area contributed by atoms with Crippen LogP contribution in [0.2, 0.25) is 5.02 Å². The molecule has 0 saturated heterocycles. The van der Waals surface area contributed by atoms with Crippen LogP contribution in [0.3, 0.4) is 0 Å². The number of carbonyl (C=O) groups excluding carboxylic acids is 1. The Morgan fingerprint density at radius 2 is 1.86 bits per heavy atom. The molecule has 2 N–H and O–H groups in total. The number of carbonyl (C=O) groups is 2. The van der Waals surface area contributed by atoms with E-state index in [0.717, 1.165) is 5.56 Å². The van der Waals surface area contributed by atoms with E-state index in [1.54, 1.807) is 18.2 Å². The average Bonchev–Trinajstić information content (AvgIpc) is 2.51. The highest BCUT2D eigenvalue weighted by atomic mass is 35.5. The number of rotatable bonds is 5. The second-order valence-corrected chi connectivity index (χ2v) is 4.94. The first-order chi connectivity index (χ1) is 10.5. The molecule has 114 valence electrons. The van der Waals surface area contributed by atoms with Gasteiger partial charge in [0.15, 0.2) is 0 Å². The Balaban J connectivity index is 2.19. The van der Waals surface area contributed by atoms with Crippen molar-refractivity contribution in [3.63, 3.8) is 0 Å². The molecule has 0 saturated carbocycles. The van der Waals surface area contributed by atoms with E-state index in [-0.39, 0.29) is 23.4 Å². The Labute approximate surface area is 132 Å². The topological polar surface area (TPSA) is 75.6 Å². The van der Waals surface area contributed by atoms with E-state index in [1.807, 2.05) is 6.07 Å². The van der Waals surface area contributed by atoms with Gasteiger partial charge in [-0.15, -0.1) is 0 Å². The zero-order valence-electron chi connectivity index (χ0n) is 11.8. The number of benzene rings is 2. The van der Waals surface area contributed by atoms with Crippen molar-refractivity contribution in [1.82, 2.24) is 5.32 Å². The molecule has 0 radical (unpaired) electrons. The average molecular weight is 320 g/mol. The smallest absolute Gasteiger partial charge is 0.339 e. The molecule has 0 fully saturated rings. The highest BCUT2D eigenvalue weighted by Crippen LogP contribution is 2.24. The number of hydrogen-bond acceptors (Lipinski definition) is 3. The summed E-state index contributed by atoms with van der Waals surface area (Å²) >= 11 is 5.88. The van der Waals surface area contributed by atoms with Crippen LogP contribution >= 0.6 is 11.6 Å². The maximum absolute atomic E-state index is 12.2. The Hall–Kier alpha value is -2.53. The molecule has 22 heavy (non-hydrogen) atoms. The molecular weight excluding hydrogens is 306 g/mol. The highest BCUT2D eigenvalue weighted by Gasteiger charge is 2.19. The van der Waals surface area contributed by atoms with Crippen molar-refractivity contribution in [2.45, 2.75) is 6.54 Å². The van der Waals surface area contributed by atoms with Crippen LogP contribution in [0.5, 0.6) is 5.75 Å². The van der Waals surface area contributed by atoms with E-state index in [4.69, 9.17) is 21.4 Å². The second-order valence-electron chi connectivity index (χ2n) is 4.50. The van der Waals surface area contributed by atoms with Gasteiger partial charge in [-0.05, 0) is 29.8 Å². The van der Waals surface area contributed by atoms with E-state index in [9.17, 15) is 9.59 Å². The van der Waals surface area contributed by atoms with Crippen molar-refractivity contribution in [3.05, 3.63) is 64.2 Å². The van der Waals surface area contributed by atoms with Crippen molar-refractivity contribution in [2.24, 2.45) is 0 Å². The minimum absolute atomic E-state index is 0.0404. The monoisotopic (exact) mass is 319 g/mol. The first kappa shape index (κ1) is 15.9. The maximum Gasteiger partial charge on any atom is 0.339 e. The SMILES string of the molecule is COc1c(C(=O)O)cccc1C(=O)NCc1cccc(Cl)c1. The molecule has 0 atom stereocenters. The predicted octanol–water partition coefficient (Wildman–Crippen LogP) is 2.98. The van der Waals surface area contributed by atoms with E-state index < -0.39 is 11.9 Å². The molecular formula is C16H14ClNO4. The van der Waals surface area contributed by atoms with Crippen LogP contribution in [0.4, 0.5) is 0 Å². The Morgan fingerprint density at radius 3 is 2.50 bits per heavy atom. The summed E-state index contributed by atoms with van der Waals surface area (Å²) in [6, 6.07) is 11.5. The summed E-state index contributed by atoms with van der Waals surface area (Å²) in [5.41, 5.74) is 0.955. The van der Waals surface area contributed by atoms with Gasteiger partial charge >= 0.3 is 5.97 Å². The second kappa shape index (κ2) is 6.95. The minimum Gasteiger partial charge on any atom is -0.495 e. The molecule has 0 bridgehead atoms. The van der Waals surface area contributed by atoms with E-state index in [0.29, 0.717) is 5.02 Å². The number of hydrogen-bond donors (Lipinski definition) is 2. The fraction of sp³-hybridized carbons (Fsp3) is 0.125. The van der Waals surface area contributed by atoms with Crippen LogP contribution in [0.15, 0.2) is 42.5 Å². The summed E-state index contributed by atoms with van der Waals surface area (Å²) in [4.78, 5) is 23.4. The van der Waals surface area contributed by atoms with Crippen molar-refractivity contribution in [3.8, 4) is 5.75 Å². The lowest BCUT2D eigenvalue weighted by atomic mass is 10.1. The Kier molecular flexibility index (Phi) is 5.01. The van der Waals surface area contributed by atoms with Crippen LogP contribution in [0, 0.1) is 0 Å². The molecule has 0 spiro atoms. The minimum atomic E-state index is -1.15. The highest BCUT2D eigenvalue weighted by molar-refractivity contribution is 6.30. The van der Waals surface area contributed by atoms with E-state index in [1.165, 1.54) is 25.3 Å². The molecule has 2 aromatic carbocycles. The van der Waals surface area contributed by atoms with E-state index in [2.05, 4.69) is 5.32 Å². The first-order valence-electron chi connectivity index (χ1n) is 6.46. The summed E-state index contributed by atoms with van der Waals surface area (Å²) in [5.74, 6) is -1.53. The van der Waals surface area contributed by atoms with Gasteiger partial charge in [0.2, 0.25) is 0 Å². The molecule has 1 amide bonds. The molecule has 0 aliphatic heterocycles. The maximum atomic E-state index is 12.2. The van der Waals surface area contributed by atoms with Crippen LogP contribution in [0.25, 0.3) is 0 Å². The van der Waals surface area contributed by atoms with Crippen LogP contribution in [0.1, 0.15) is 26.3 Å². The molecule has 5 nitrogen and oxygen atoms in total. The van der Waals surface area contributed by atoms with Crippen molar-refractivity contribution < 1.29 is 19.4 Å². The number of nitrogens with one attached hydrogen (secondary N) is 1. The number of para-hydroxylation sites is 1. The largest absolute Gasteiger partial charge is 0.495 e. The lowest BCUT2D eigenvalue weighted by Gasteiger charge is -2.11. The summed E-state index contributed by atoms with van der Waals surface area (Å²) in [6.45, 7) is 0.278. The van der Waals surface area contributed by atoms with Crippen LogP contribution in [-0.2, 0) is 6.54 Å². The molecule has 0 aliphatic carbocycles. The summed E-state index contributed by atoms with van der Waals surface area (Å²) in [7, 11) is 1.33.